The number of hydrogen-bond acceptors (Lipinski definition) is 3. The lowest BCUT2D eigenvalue weighted by atomic mass is 10.0. The van der Waals surface area contributed by atoms with Gasteiger partial charge in [-0.3, -0.25) is 0 Å². The van der Waals surface area contributed by atoms with Crippen molar-refractivity contribution in [1.82, 2.24) is 5.48 Å². The van der Waals surface area contributed by atoms with Crippen LogP contribution in [0, 0.1) is 6.92 Å². The van der Waals surface area contributed by atoms with Gasteiger partial charge in [-0.15, -0.1) is 0 Å². The largest absolute Gasteiger partial charge is 0.493 e. The summed E-state index contributed by atoms with van der Waals surface area (Å²) in [4.78, 5) is 5.03. The van der Waals surface area contributed by atoms with Crippen LogP contribution in [0.15, 0.2) is 18.2 Å². The molecule has 1 unspecified atom stereocenters. The van der Waals surface area contributed by atoms with E-state index in [0.29, 0.717) is 0 Å². The van der Waals surface area contributed by atoms with E-state index in [0.717, 1.165) is 25.2 Å². The molecular weight excluding hydrogens is 190 g/mol. The summed E-state index contributed by atoms with van der Waals surface area (Å²) in [5.41, 5.74) is 5.42. The Labute approximate surface area is 90.3 Å². The van der Waals surface area contributed by atoms with Crippen LogP contribution < -0.4 is 10.2 Å². The van der Waals surface area contributed by atoms with Gasteiger partial charge in [-0.2, -0.15) is 5.48 Å². The first-order chi connectivity index (χ1) is 7.33. The maximum Gasteiger partial charge on any atom is 0.127 e. The van der Waals surface area contributed by atoms with Crippen molar-refractivity contribution in [2.45, 2.75) is 25.8 Å². The van der Waals surface area contributed by atoms with E-state index in [1.807, 2.05) is 0 Å². The van der Waals surface area contributed by atoms with Crippen LogP contribution in [0.25, 0.3) is 0 Å². The van der Waals surface area contributed by atoms with Crippen LogP contribution in [0.2, 0.25) is 0 Å². The number of para-hydroxylation sites is 1. The normalized spacial score (nSPS) is 20.3. The van der Waals surface area contributed by atoms with Gasteiger partial charge >= 0.3 is 0 Å². The van der Waals surface area contributed by atoms with Crippen molar-refractivity contribution < 1.29 is 9.57 Å². The smallest absolute Gasteiger partial charge is 0.127 e. The molecule has 1 aliphatic heterocycles. The third kappa shape index (κ3) is 2.13. The third-order valence-electron chi connectivity index (χ3n) is 2.76. The number of aryl methyl sites for hydroxylation is 1. The highest BCUT2D eigenvalue weighted by Crippen LogP contribution is 2.33. The van der Waals surface area contributed by atoms with Crippen molar-refractivity contribution in [3.05, 3.63) is 29.3 Å². The second kappa shape index (κ2) is 4.64. The van der Waals surface area contributed by atoms with Gasteiger partial charge in [0.05, 0.1) is 19.8 Å². The molecule has 1 N–H and O–H groups in total. The van der Waals surface area contributed by atoms with E-state index in [1.165, 1.54) is 11.1 Å². The summed E-state index contributed by atoms with van der Waals surface area (Å²) in [7, 11) is 1.65. The lowest BCUT2D eigenvalue weighted by Gasteiger charge is -2.17. The average molecular weight is 207 g/mol. The van der Waals surface area contributed by atoms with E-state index in [-0.39, 0.29) is 6.04 Å². The SMILES string of the molecule is CONC1CCCOc2c(C)cccc21. The topological polar surface area (TPSA) is 30.5 Å². The quantitative estimate of drug-likeness (QED) is 0.755. The molecule has 0 saturated carbocycles. The molecule has 15 heavy (non-hydrogen) atoms. The Bertz CT molecular complexity index is 338. The summed E-state index contributed by atoms with van der Waals surface area (Å²) >= 11 is 0. The number of hydrogen-bond donors (Lipinski definition) is 1. The summed E-state index contributed by atoms with van der Waals surface area (Å²) in [6, 6.07) is 6.48. The van der Waals surface area contributed by atoms with E-state index in [4.69, 9.17) is 9.57 Å². The van der Waals surface area contributed by atoms with Gasteiger partial charge in [0.15, 0.2) is 0 Å². The molecule has 3 nitrogen and oxygen atoms in total. The molecule has 0 amide bonds. The first-order valence-corrected chi connectivity index (χ1v) is 5.33. The molecule has 0 aromatic heterocycles. The third-order valence-corrected chi connectivity index (χ3v) is 2.76. The van der Waals surface area contributed by atoms with Gasteiger partial charge in [0.25, 0.3) is 0 Å². The molecule has 1 heterocycles. The van der Waals surface area contributed by atoms with Gasteiger partial charge in [-0.25, -0.2) is 0 Å². The van der Waals surface area contributed by atoms with Crippen molar-refractivity contribution in [2.24, 2.45) is 0 Å². The Balaban J connectivity index is 2.36. The monoisotopic (exact) mass is 207 g/mol. The Kier molecular flexibility index (Phi) is 3.23. The fraction of sp³-hybridized carbons (Fsp3) is 0.500. The van der Waals surface area contributed by atoms with Gasteiger partial charge in [0.1, 0.15) is 5.75 Å². The molecule has 0 saturated heterocycles. The molecule has 0 aliphatic carbocycles. The standard InChI is InChI=1S/C12H17NO2/c1-9-5-3-6-10-11(13-14-2)7-4-8-15-12(9)10/h3,5-6,11,13H,4,7-8H2,1-2H3. The Hall–Kier alpha value is -1.06. The van der Waals surface area contributed by atoms with Crippen LogP contribution in [0.3, 0.4) is 0 Å². The summed E-state index contributed by atoms with van der Waals surface area (Å²) < 4.78 is 5.76. The Morgan fingerprint density at radius 3 is 3.13 bits per heavy atom. The maximum absolute atomic E-state index is 5.76. The van der Waals surface area contributed by atoms with Crippen molar-refractivity contribution in [3.63, 3.8) is 0 Å². The molecule has 82 valence electrons. The molecule has 1 aromatic carbocycles. The molecule has 1 aromatic rings. The molecule has 1 atom stereocenters. The average Bonchev–Trinajstić information content (AvgIpc) is 2.43. The highest BCUT2D eigenvalue weighted by atomic mass is 16.6. The zero-order valence-electron chi connectivity index (χ0n) is 9.25. The molecule has 3 heteroatoms. The van der Waals surface area contributed by atoms with Gasteiger partial charge < -0.3 is 9.57 Å². The Morgan fingerprint density at radius 2 is 2.33 bits per heavy atom. The summed E-state index contributed by atoms with van der Waals surface area (Å²) in [5, 5.41) is 0. The van der Waals surface area contributed by atoms with Crippen molar-refractivity contribution in [2.75, 3.05) is 13.7 Å². The molecule has 0 spiro atoms. The molecular formula is C12H17NO2. The van der Waals surface area contributed by atoms with Gasteiger partial charge in [-0.1, -0.05) is 18.2 Å². The minimum atomic E-state index is 0.243. The first kappa shape index (κ1) is 10.5. The van der Waals surface area contributed by atoms with Gasteiger partial charge in [0.2, 0.25) is 0 Å². The fourth-order valence-electron chi connectivity index (χ4n) is 2.03. The molecule has 2 rings (SSSR count). The second-order valence-corrected chi connectivity index (χ2v) is 3.86. The summed E-state index contributed by atoms with van der Waals surface area (Å²) in [5.74, 6) is 1.02. The number of hydroxylamine groups is 1. The Morgan fingerprint density at radius 1 is 1.47 bits per heavy atom. The van der Waals surface area contributed by atoms with Crippen LogP contribution >= 0.6 is 0 Å². The van der Waals surface area contributed by atoms with Crippen molar-refractivity contribution in [1.29, 1.82) is 0 Å². The minimum absolute atomic E-state index is 0.243. The fourth-order valence-corrected chi connectivity index (χ4v) is 2.03. The van der Waals surface area contributed by atoms with Crippen LogP contribution in [-0.2, 0) is 4.84 Å². The van der Waals surface area contributed by atoms with E-state index in [1.54, 1.807) is 7.11 Å². The van der Waals surface area contributed by atoms with Crippen LogP contribution in [0.1, 0.15) is 30.0 Å². The summed E-state index contributed by atoms with van der Waals surface area (Å²) in [6.07, 6.45) is 2.10. The molecule has 0 radical (unpaired) electrons. The van der Waals surface area contributed by atoms with Crippen LogP contribution in [-0.4, -0.2) is 13.7 Å². The number of nitrogens with one attached hydrogen (secondary N) is 1. The number of fused-ring (bicyclic) bond motifs is 1. The summed E-state index contributed by atoms with van der Waals surface area (Å²) in [6.45, 7) is 2.87. The predicted octanol–water partition coefficient (Wildman–Crippen LogP) is 2.36. The number of benzene rings is 1. The highest BCUT2D eigenvalue weighted by Gasteiger charge is 2.20. The molecule has 0 fully saturated rings. The van der Waals surface area contributed by atoms with Gasteiger partial charge in [-0.05, 0) is 25.3 Å². The lowest BCUT2D eigenvalue weighted by molar-refractivity contribution is 0.0579. The minimum Gasteiger partial charge on any atom is -0.493 e. The second-order valence-electron chi connectivity index (χ2n) is 3.86. The lowest BCUT2D eigenvalue weighted by Crippen LogP contribution is -2.19. The zero-order chi connectivity index (χ0) is 10.7. The highest BCUT2D eigenvalue weighted by molar-refractivity contribution is 5.43. The molecule has 1 aliphatic rings. The van der Waals surface area contributed by atoms with Crippen molar-refractivity contribution >= 4 is 0 Å². The number of ether oxygens (including phenoxy) is 1. The van der Waals surface area contributed by atoms with Gasteiger partial charge in [0, 0.05) is 5.56 Å². The molecule has 0 bridgehead atoms. The van der Waals surface area contributed by atoms with E-state index < -0.39 is 0 Å². The van der Waals surface area contributed by atoms with Crippen LogP contribution in [0.4, 0.5) is 0 Å². The maximum atomic E-state index is 5.76. The van der Waals surface area contributed by atoms with Crippen molar-refractivity contribution in [3.8, 4) is 5.75 Å². The van der Waals surface area contributed by atoms with E-state index in [9.17, 15) is 0 Å². The van der Waals surface area contributed by atoms with E-state index in [2.05, 4.69) is 30.6 Å². The first-order valence-electron chi connectivity index (χ1n) is 5.33. The number of rotatable bonds is 2. The van der Waals surface area contributed by atoms with Crippen LogP contribution in [0.5, 0.6) is 5.75 Å². The zero-order valence-corrected chi connectivity index (χ0v) is 9.25. The predicted molar refractivity (Wildman–Crippen MR) is 58.8 cm³/mol. The van der Waals surface area contributed by atoms with E-state index >= 15 is 0 Å².